The molecule has 0 aliphatic carbocycles. The predicted molar refractivity (Wildman–Crippen MR) is 65.1 cm³/mol. The van der Waals surface area contributed by atoms with Gasteiger partial charge < -0.3 is 9.84 Å². The van der Waals surface area contributed by atoms with Gasteiger partial charge in [0.2, 0.25) is 0 Å². The molecular formula is C13H24O3. The highest BCUT2D eigenvalue weighted by Crippen LogP contribution is 2.28. The van der Waals surface area contributed by atoms with Gasteiger partial charge in [0.1, 0.15) is 0 Å². The van der Waals surface area contributed by atoms with Gasteiger partial charge in [-0.1, -0.05) is 33.3 Å². The third kappa shape index (κ3) is 4.79. The number of hydrogen-bond acceptors (Lipinski definition) is 3. The quantitative estimate of drug-likeness (QED) is 0.513. The Labute approximate surface area is 98.5 Å². The molecule has 16 heavy (non-hydrogen) atoms. The fourth-order valence-corrected chi connectivity index (χ4v) is 1.48. The Hall–Kier alpha value is -0.830. The van der Waals surface area contributed by atoms with E-state index >= 15 is 0 Å². The molecule has 0 saturated carbocycles. The molecule has 1 unspecified atom stereocenters. The summed E-state index contributed by atoms with van der Waals surface area (Å²) in [5.41, 5.74) is 0.125. The zero-order chi connectivity index (χ0) is 12.6. The van der Waals surface area contributed by atoms with Crippen molar-refractivity contribution in [3.05, 3.63) is 12.2 Å². The van der Waals surface area contributed by atoms with E-state index in [2.05, 4.69) is 13.5 Å². The number of aliphatic hydroxyl groups is 1. The van der Waals surface area contributed by atoms with Crippen molar-refractivity contribution >= 4 is 5.97 Å². The smallest absolute Gasteiger partial charge is 0.333 e. The number of unbranched alkanes of at least 4 members (excludes halogenated alkanes) is 1. The summed E-state index contributed by atoms with van der Waals surface area (Å²) in [4.78, 5) is 11.3. The van der Waals surface area contributed by atoms with Gasteiger partial charge in [0.05, 0.1) is 13.2 Å². The summed E-state index contributed by atoms with van der Waals surface area (Å²) in [6, 6.07) is 0. The van der Waals surface area contributed by atoms with Gasteiger partial charge in [-0.15, -0.1) is 0 Å². The minimum atomic E-state index is -0.372. The molecule has 0 bridgehead atoms. The summed E-state index contributed by atoms with van der Waals surface area (Å²) in [7, 11) is 0. The maximum absolute atomic E-state index is 11.3. The highest BCUT2D eigenvalue weighted by Gasteiger charge is 2.28. The van der Waals surface area contributed by atoms with Crippen LogP contribution in [0.1, 0.15) is 46.5 Å². The van der Waals surface area contributed by atoms with Crippen molar-refractivity contribution in [1.82, 2.24) is 0 Å². The molecule has 1 atom stereocenters. The molecule has 0 heterocycles. The highest BCUT2D eigenvalue weighted by atomic mass is 16.5. The molecule has 0 aliphatic heterocycles. The van der Waals surface area contributed by atoms with E-state index in [0.717, 1.165) is 25.7 Å². The fourth-order valence-electron chi connectivity index (χ4n) is 1.48. The van der Waals surface area contributed by atoms with Crippen LogP contribution in [0, 0.1) is 5.41 Å². The van der Waals surface area contributed by atoms with Gasteiger partial charge in [0.25, 0.3) is 0 Å². The molecule has 0 amide bonds. The zero-order valence-electron chi connectivity index (χ0n) is 10.7. The van der Waals surface area contributed by atoms with E-state index in [-0.39, 0.29) is 24.6 Å². The second kappa shape index (κ2) is 7.44. The van der Waals surface area contributed by atoms with E-state index in [1.165, 1.54) is 0 Å². The van der Waals surface area contributed by atoms with Gasteiger partial charge in [0, 0.05) is 11.0 Å². The molecule has 0 aromatic rings. The molecule has 0 aromatic carbocycles. The van der Waals surface area contributed by atoms with Gasteiger partial charge >= 0.3 is 5.97 Å². The molecular weight excluding hydrogens is 204 g/mol. The van der Waals surface area contributed by atoms with Crippen molar-refractivity contribution in [1.29, 1.82) is 0 Å². The standard InChI is InChI=1S/C13H24O3/c1-5-7-8-13(6-2,9-14)10-16-12(15)11(3)4/h14H,3,5-10H2,1-2,4H3. The van der Waals surface area contributed by atoms with Crippen LogP contribution >= 0.6 is 0 Å². The number of aliphatic hydroxyl groups excluding tert-OH is 1. The van der Waals surface area contributed by atoms with E-state index in [1.807, 2.05) is 6.92 Å². The van der Waals surface area contributed by atoms with E-state index in [9.17, 15) is 9.90 Å². The van der Waals surface area contributed by atoms with Crippen molar-refractivity contribution in [2.45, 2.75) is 46.5 Å². The van der Waals surface area contributed by atoms with Crippen LogP contribution in [0.25, 0.3) is 0 Å². The molecule has 0 aliphatic rings. The van der Waals surface area contributed by atoms with Gasteiger partial charge in [-0.25, -0.2) is 4.79 Å². The minimum absolute atomic E-state index is 0.0625. The number of rotatable bonds is 8. The molecule has 0 radical (unpaired) electrons. The van der Waals surface area contributed by atoms with Crippen LogP contribution < -0.4 is 0 Å². The van der Waals surface area contributed by atoms with Crippen LogP contribution in [0.5, 0.6) is 0 Å². The van der Waals surface area contributed by atoms with Crippen molar-refractivity contribution in [3.8, 4) is 0 Å². The summed E-state index contributed by atoms with van der Waals surface area (Å²) >= 11 is 0. The first kappa shape index (κ1) is 15.2. The van der Waals surface area contributed by atoms with Gasteiger partial charge in [-0.05, 0) is 19.8 Å². The van der Waals surface area contributed by atoms with Crippen molar-refractivity contribution in [2.24, 2.45) is 5.41 Å². The Balaban J connectivity index is 4.31. The topological polar surface area (TPSA) is 46.5 Å². The van der Waals surface area contributed by atoms with Crippen LogP contribution in [0.2, 0.25) is 0 Å². The number of carbonyl (C=O) groups excluding carboxylic acids is 1. The van der Waals surface area contributed by atoms with E-state index in [0.29, 0.717) is 5.57 Å². The fraction of sp³-hybridized carbons (Fsp3) is 0.769. The first-order valence-electron chi connectivity index (χ1n) is 5.95. The molecule has 0 aromatic heterocycles. The number of esters is 1. The van der Waals surface area contributed by atoms with Gasteiger partial charge in [0.15, 0.2) is 0 Å². The van der Waals surface area contributed by atoms with Crippen molar-refractivity contribution in [2.75, 3.05) is 13.2 Å². The highest BCUT2D eigenvalue weighted by molar-refractivity contribution is 5.86. The average Bonchev–Trinajstić information content (AvgIpc) is 2.29. The van der Waals surface area contributed by atoms with Crippen molar-refractivity contribution < 1.29 is 14.6 Å². The first-order valence-corrected chi connectivity index (χ1v) is 5.95. The van der Waals surface area contributed by atoms with E-state index in [1.54, 1.807) is 6.92 Å². The van der Waals surface area contributed by atoms with E-state index in [4.69, 9.17) is 4.74 Å². The molecule has 94 valence electrons. The van der Waals surface area contributed by atoms with E-state index < -0.39 is 0 Å². The molecule has 3 heteroatoms. The maximum atomic E-state index is 11.3. The van der Waals surface area contributed by atoms with Crippen LogP contribution in [0.15, 0.2) is 12.2 Å². The lowest BCUT2D eigenvalue weighted by Gasteiger charge is -2.30. The first-order chi connectivity index (χ1) is 7.51. The van der Waals surface area contributed by atoms with Crippen LogP contribution in [0.4, 0.5) is 0 Å². The lowest BCUT2D eigenvalue weighted by Crippen LogP contribution is -2.32. The molecule has 0 rings (SSSR count). The molecule has 1 N–H and O–H groups in total. The third-order valence-electron chi connectivity index (χ3n) is 3.00. The van der Waals surface area contributed by atoms with Gasteiger partial charge in [-0.2, -0.15) is 0 Å². The largest absolute Gasteiger partial charge is 0.462 e. The zero-order valence-corrected chi connectivity index (χ0v) is 10.7. The second-order valence-electron chi connectivity index (χ2n) is 4.47. The summed E-state index contributed by atoms with van der Waals surface area (Å²) in [6.07, 6.45) is 3.82. The van der Waals surface area contributed by atoms with Crippen LogP contribution in [0.3, 0.4) is 0 Å². The molecule has 3 nitrogen and oxygen atoms in total. The Kier molecular flexibility index (Phi) is 7.06. The SMILES string of the molecule is C=C(C)C(=O)OCC(CC)(CO)CCCC. The Morgan fingerprint density at radius 2 is 2.06 bits per heavy atom. The Morgan fingerprint density at radius 1 is 1.44 bits per heavy atom. The summed E-state index contributed by atoms with van der Waals surface area (Å²) < 4.78 is 5.15. The Bertz CT molecular complexity index is 229. The average molecular weight is 228 g/mol. The lowest BCUT2D eigenvalue weighted by molar-refractivity contribution is -0.144. The normalized spacial score (nSPS) is 14.2. The maximum Gasteiger partial charge on any atom is 0.333 e. The number of ether oxygens (including phenoxy) is 1. The summed E-state index contributed by atoms with van der Waals surface area (Å²) in [6.45, 7) is 9.63. The third-order valence-corrected chi connectivity index (χ3v) is 3.00. The molecule has 0 fully saturated rings. The van der Waals surface area contributed by atoms with Crippen LogP contribution in [-0.2, 0) is 9.53 Å². The predicted octanol–water partition coefficient (Wildman–Crippen LogP) is 2.68. The summed E-state index contributed by atoms with van der Waals surface area (Å²) in [5, 5.41) is 9.44. The number of hydrogen-bond donors (Lipinski definition) is 1. The van der Waals surface area contributed by atoms with Crippen LogP contribution in [-0.4, -0.2) is 24.3 Å². The minimum Gasteiger partial charge on any atom is -0.462 e. The second-order valence-corrected chi connectivity index (χ2v) is 4.47. The van der Waals surface area contributed by atoms with Gasteiger partial charge in [-0.3, -0.25) is 0 Å². The monoisotopic (exact) mass is 228 g/mol. The van der Waals surface area contributed by atoms with Crippen molar-refractivity contribution in [3.63, 3.8) is 0 Å². The Morgan fingerprint density at radius 3 is 2.44 bits per heavy atom. The number of carbonyl (C=O) groups is 1. The summed E-state index contributed by atoms with van der Waals surface area (Å²) in [5.74, 6) is -0.372. The molecule has 0 spiro atoms. The molecule has 0 saturated heterocycles. The lowest BCUT2D eigenvalue weighted by atomic mass is 9.82.